The zero-order valence-electron chi connectivity index (χ0n) is 18.8. The number of morpholine rings is 1. The van der Waals surface area contributed by atoms with Crippen LogP contribution >= 0.6 is 11.3 Å². The maximum atomic E-state index is 12.7. The molecule has 4 rings (SSSR count). The lowest BCUT2D eigenvalue weighted by atomic mass is 10.0. The van der Waals surface area contributed by atoms with Crippen LogP contribution in [0.15, 0.2) is 66.1 Å². The molecule has 1 fully saturated rings. The van der Waals surface area contributed by atoms with Gasteiger partial charge in [0.25, 0.3) is 0 Å². The van der Waals surface area contributed by atoms with Gasteiger partial charge in [-0.15, -0.1) is 11.3 Å². The Morgan fingerprint density at radius 1 is 1.03 bits per heavy atom. The van der Waals surface area contributed by atoms with Crippen LogP contribution in [0, 0.1) is 0 Å². The van der Waals surface area contributed by atoms with E-state index in [0.29, 0.717) is 12.2 Å². The fourth-order valence-corrected chi connectivity index (χ4v) is 4.55. The van der Waals surface area contributed by atoms with Crippen molar-refractivity contribution in [2.24, 2.45) is 0 Å². The van der Waals surface area contributed by atoms with Crippen LogP contribution in [-0.2, 0) is 4.74 Å². The number of nitrogens with zero attached hydrogens (tertiary/aromatic N) is 1. The molecule has 3 aromatic rings. The molecule has 34 heavy (non-hydrogen) atoms. The van der Waals surface area contributed by atoms with Crippen molar-refractivity contribution < 1.29 is 24.2 Å². The van der Waals surface area contributed by atoms with Gasteiger partial charge in [0.2, 0.25) is 0 Å². The number of carboxylic acids is 1. The standard InChI is InChI=1S/C27H27NO5S/c29-24(20-7-9-22(10-8-20)27(30)31)12-11-21-4-1-5-23(25-6-2-19-34-25)26(21)33-16-3-13-28-14-17-32-18-15-28/h1-2,4-12,19H,3,13-18H2,(H,30,31). The van der Waals surface area contributed by atoms with Gasteiger partial charge in [-0.1, -0.05) is 30.3 Å². The second-order valence-electron chi connectivity index (χ2n) is 7.94. The van der Waals surface area contributed by atoms with E-state index in [4.69, 9.17) is 14.6 Å². The number of hydrogen-bond donors (Lipinski definition) is 1. The molecule has 0 bridgehead atoms. The minimum Gasteiger partial charge on any atom is -0.492 e. The second kappa shape index (κ2) is 11.7. The molecule has 1 aliphatic heterocycles. The minimum atomic E-state index is -1.02. The summed E-state index contributed by atoms with van der Waals surface area (Å²) in [5, 5.41) is 11.1. The monoisotopic (exact) mass is 477 g/mol. The molecule has 0 atom stereocenters. The van der Waals surface area contributed by atoms with Crippen molar-refractivity contribution in [1.82, 2.24) is 4.90 Å². The number of para-hydroxylation sites is 1. The first-order chi connectivity index (χ1) is 16.6. The fraction of sp³-hybridized carbons (Fsp3) is 0.259. The lowest BCUT2D eigenvalue weighted by molar-refractivity contribution is 0.0358. The van der Waals surface area contributed by atoms with E-state index in [1.54, 1.807) is 17.4 Å². The summed E-state index contributed by atoms with van der Waals surface area (Å²) in [7, 11) is 0. The largest absolute Gasteiger partial charge is 0.492 e. The average molecular weight is 478 g/mol. The Morgan fingerprint density at radius 2 is 1.79 bits per heavy atom. The predicted octanol–water partition coefficient (Wildman–Crippen LogP) is 5.11. The zero-order valence-corrected chi connectivity index (χ0v) is 19.6. The van der Waals surface area contributed by atoms with E-state index in [0.717, 1.165) is 61.0 Å². The van der Waals surface area contributed by atoms with Crippen LogP contribution in [0.5, 0.6) is 5.75 Å². The molecular weight excluding hydrogens is 450 g/mol. The fourth-order valence-electron chi connectivity index (χ4n) is 3.80. The maximum Gasteiger partial charge on any atom is 0.335 e. The molecule has 176 valence electrons. The second-order valence-corrected chi connectivity index (χ2v) is 8.89. The Kier molecular flexibility index (Phi) is 8.25. The van der Waals surface area contributed by atoms with Gasteiger partial charge in [-0.2, -0.15) is 0 Å². The first kappa shape index (κ1) is 23.9. The molecule has 1 N–H and O–H groups in total. The van der Waals surface area contributed by atoms with E-state index >= 15 is 0 Å². The molecule has 0 radical (unpaired) electrons. The van der Waals surface area contributed by atoms with Crippen molar-refractivity contribution in [2.45, 2.75) is 6.42 Å². The number of allylic oxidation sites excluding steroid dienone is 1. The average Bonchev–Trinajstić information content (AvgIpc) is 3.41. The third-order valence-electron chi connectivity index (χ3n) is 5.63. The molecule has 0 unspecified atom stereocenters. The Hall–Kier alpha value is -3.26. The lowest BCUT2D eigenvalue weighted by Gasteiger charge is -2.26. The minimum absolute atomic E-state index is 0.150. The highest BCUT2D eigenvalue weighted by Gasteiger charge is 2.14. The van der Waals surface area contributed by atoms with Gasteiger partial charge < -0.3 is 14.6 Å². The van der Waals surface area contributed by atoms with Gasteiger partial charge in [0.1, 0.15) is 5.75 Å². The lowest BCUT2D eigenvalue weighted by Crippen LogP contribution is -2.37. The van der Waals surface area contributed by atoms with Crippen molar-refractivity contribution >= 4 is 29.2 Å². The third-order valence-corrected chi connectivity index (χ3v) is 6.53. The first-order valence-corrected chi connectivity index (χ1v) is 12.2. The van der Waals surface area contributed by atoms with Crippen LogP contribution < -0.4 is 4.74 Å². The van der Waals surface area contributed by atoms with Gasteiger partial charge in [0, 0.05) is 41.2 Å². The summed E-state index contributed by atoms with van der Waals surface area (Å²) in [5.41, 5.74) is 2.41. The smallest absolute Gasteiger partial charge is 0.335 e. The molecule has 2 heterocycles. The zero-order chi connectivity index (χ0) is 23.8. The SMILES string of the molecule is O=C(O)c1ccc(C(=O)C=Cc2cccc(-c3cccs3)c2OCCCN2CCOCC2)cc1. The molecule has 0 saturated carbocycles. The van der Waals surface area contributed by atoms with E-state index in [1.165, 1.54) is 30.3 Å². The van der Waals surface area contributed by atoms with E-state index < -0.39 is 5.97 Å². The highest BCUT2D eigenvalue weighted by Crippen LogP contribution is 2.36. The van der Waals surface area contributed by atoms with Gasteiger partial charge in [-0.3, -0.25) is 9.69 Å². The normalized spacial score (nSPS) is 14.4. The summed E-state index contributed by atoms with van der Waals surface area (Å²) in [6, 6.07) is 15.9. The van der Waals surface area contributed by atoms with Crippen LogP contribution in [-0.4, -0.2) is 61.2 Å². The van der Waals surface area contributed by atoms with Crippen LogP contribution in [0.4, 0.5) is 0 Å². The Balaban J connectivity index is 1.49. The van der Waals surface area contributed by atoms with E-state index in [1.807, 2.05) is 29.6 Å². The summed E-state index contributed by atoms with van der Waals surface area (Å²) in [5.74, 6) is -0.454. The number of carbonyl (C=O) groups is 2. The van der Waals surface area contributed by atoms with Crippen LogP contribution in [0.3, 0.4) is 0 Å². The first-order valence-electron chi connectivity index (χ1n) is 11.3. The Labute approximate surface area is 203 Å². The molecule has 6 nitrogen and oxygen atoms in total. The Morgan fingerprint density at radius 3 is 2.50 bits per heavy atom. The summed E-state index contributed by atoms with van der Waals surface area (Å²) >= 11 is 1.64. The predicted molar refractivity (Wildman–Crippen MR) is 134 cm³/mol. The number of benzene rings is 2. The molecule has 7 heteroatoms. The summed E-state index contributed by atoms with van der Waals surface area (Å²) in [6.07, 6.45) is 4.17. The number of thiophene rings is 1. The van der Waals surface area contributed by atoms with Crippen molar-refractivity contribution in [3.8, 4) is 16.2 Å². The topological polar surface area (TPSA) is 76.1 Å². The number of carboxylic acid groups (broad SMARTS) is 1. The van der Waals surface area contributed by atoms with Gasteiger partial charge >= 0.3 is 5.97 Å². The van der Waals surface area contributed by atoms with E-state index in [9.17, 15) is 9.59 Å². The van der Waals surface area contributed by atoms with E-state index in [-0.39, 0.29) is 11.3 Å². The number of hydrogen-bond acceptors (Lipinski definition) is 6. The van der Waals surface area contributed by atoms with Gasteiger partial charge in [0.15, 0.2) is 5.78 Å². The molecular formula is C27H27NO5S. The van der Waals surface area contributed by atoms with Gasteiger partial charge in [0.05, 0.1) is 25.4 Å². The summed E-state index contributed by atoms with van der Waals surface area (Å²) in [4.78, 5) is 27.2. The Bertz CT molecular complexity index is 1130. The van der Waals surface area contributed by atoms with E-state index in [2.05, 4.69) is 11.0 Å². The van der Waals surface area contributed by atoms with Crippen molar-refractivity contribution in [3.05, 3.63) is 82.7 Å². The van der Waals surface area contributed by atoms with Crippen molar-refractivity contribution in [1.29, 1.82) is 0 Å². The van der Waals surface area contributed by atoms with Gasteiger partial charge in [-0.05, 0) is 48.2 Å². The molecule has 2 aromatic carbocycles. The number of carbonyl (C=O) groups excluding carboxylic acids is 1. The molecule has 0 aliphatic carbocycles. The van der Waals surface area contributed by atoms with Gasteiger partial charge in [-0.25, -0.2) is 4.79 Å². The number of ether oxygens (including phenoxy) is 2. The van der Waals surface area contributed by atoms with Crippen molar-refractivity contribution in [3.63, 3.8) is 0 Å². The summed E-state index contributed by atoms with van der Waals surface area (Å²) in [6.45, 7) is 5.00. The highest BCUT2D eigenvalue weighted by molar-refractivity contribution is 7.13. The van der Waals surface area contributed by atoms with Crippen molar-refractivity contribution in [2.75, 3.05) is 39.5 Å². The quantitative estimate of drug-likeness (QED) is 0.248. The van der Waals surface area contributed by atoms with Crippen LogP contribution in [0.2, 0.25) is 0 Å². The number of rotatable bonds is 10. The maximum absolute atomic E-state index is 12.7. The highest BCUT2D eigenvalue weighted by atomic mass is 32.1. The van der Waals surface area contributed by atoms with Crippen LogP contribution in [0.25, 0.3) is 16.5 Å². The molecule has 0 amide bonds. The summed E-state index contributed by atoms with van der Waals surface area (Å²) < 4.78 is 11.7. The number of ketones is 1. The van der Waals surface area contributed by atoms with Crippen LogP contribution in [0.1, 0.15) is 32.7 Å². The number of aromatic carboxylic acids is 1. The molecule has 1 saturated heterocycles. The molecule has 1 aromatic heterocycles. The molecule has 1 aliphatic rings. The molecule has 0 spiro atoms. The third kappa shape index (κ3) is 6.20.